The predicted molar refractivity (Wildman–Crippen MR) is 88.0 cm³/mol. The molecule has 0 aromatic heterocycles. The Kier molecular flexibility index (Phi) is 5.31. The monoisotopic (exact) mass is 308 g/mol. The van der Waals surface area contributed by atoms with Gasteiger partial charge in [-0.2, -0.15) is 5.26 Å². The van der Waals surface area contributed by atoms with E-state index >= 15 is 0 Å². The van der Waals surface area contributed by atoms with Crippen LogP contribution >= 0.6 is 0 Å². The van der Waals surface area contributed by atoms with Gasteiger partial charge in [-0.25, -0.2) is 4.79 Å². The molecule has 0 saturated carbocycles. The van der Waals surface area contributed by atoms with Gasteiger partial charge in [-0.05, 0) is 31.2 Å². The van der Waals surface area contributed by atoms with E-state index in [-0.39, 0.29) is 6.54 Å². The minimum atomic E-state index is -0.474. The lowest BCUT2D eigenvalue weighted by atomic mass is 10.2. The molecule has 2 aromatic carbocycles. The number of rotatable bonds is 4. The molecule has 2 rings (SSSR count). The molecule has 116 valence electrons. The fraction of sp³-hybridized carbons (Fsp3) is 0.118. The number of aryl methyl sites for hydroxylation is 1. The van der Waals surface area contributed by atoms with Gasteiger partial charge in [0.05, 0.1) is 17.8 Å². The highest BCUT2D eigenvalue weighted by molar-refractivity contribution is 5.97. The Bertz CT molecular complexity index is 748. The van der Waals surface area contributed by atoms with Crippen LogP contribution in [0.5, 0.6) is 0 Å². The summed E-state index contributed by atoms with van der Waals surface area (Å²) in [6.07, 6.45) is 0. The van der Waals surface area contributed by atoms with Crippen LogP contribution in [-0.2, 0) is 4.79 Å². The molecule has 0 radical (unpaired) electrons. The van der Waals surface area contributed by atoms with Gasteiger partial charge in [-0.3, -0.25) is 4.79 Å². The van der Waals surface area contributed by atoms with E-state index in [1.807, 2.05) is 25.1 Å². The molecule has 0 spiro atoms. The minimum absolute atomic E-state index is 0.197. The maximum atomic E-state index is 11.8. The summed E-state index contributed by atoms with van der Waals surface area (Å²) in [7, 11) is 0. The number of nitrogens with zero attached hydrogens (tertiary/aromatic N) is 1. The summed E-state index contributed by atoms with van der Waals surface area (Å²) in [6.45, 7) is 1.75. The minimum Gasteiger partial charge on any atom is -0.329 e. The quantitative estimate of drug-likeness (QED) is 0.810. The molecule has 0 bridgehead atoms. The second-order valence-electron chi connectivity index (χ2n) is 4.88. The van der Waals surface area contributed by atoms with Crippen molar-refractivity contribution in [2.24, 2.45) is 0 Å². The molecule has 23 heavy (non-hydrogen) atoms. The Hall–Kier alpha value is -3.33. The first-order valence-corrected chi connectivity index (χ1v) is 6.99. The number of nitriles is 1. The molecule has 3 amide bonds. The van der Waals surface area contributed by atoms with Crippen LogP contribution in [-0.4, -0.2) is 18.5 Å². The van der Waals surface area contributed by atoms with Gasteiger partial charge in [0.25, 0.3) is 0 Å². The Labute approximate surface area is 134 Å². The van der Waals surface area contributed by atoms with E-state index in [2.05, 4.69) is 16.0 Å². The van der Waals surface area contributed by atoms with E-state index in [9.17, 15) is 9.59 Å². The van der Waals surface area contributed by atoms with Crippen molar-refractivity contribution in [1.82, 2.24) is 5.32 Å². The normalized spacial score (nSPS) is 9.57. The third kappa shape index (κ3) is 4.86. The number of nitrogens with one attached hydrogen (secondary N) is 3. The zero-order valence-electron chi connectivity index (χ0n) is 12.6. The van der Waals surface area contributed by atoms with E-state index in [0.29, 0.717) is 16.9 Å². The van der Waals surface area contributed by atoms with Crippen LogP contribution in [0.15, 0.2) is 48.5 Å². The summed E-state index contributed by atoms with van der Waals surface area (Å²) in [5, 5.41) is 16.6. The predicted octanol–water partition coefficient (Wildman–Crippen LogP) is 2.63. The summed E-state index contributed by atoms with van der Waals surface area (Å²) in [4.78, 5) is 23.5. The molecule has 0 aliphatic heterocycles. The average Bonchev–Trinajstić information content (AvgIpc) is 2.55. The Morgan fingerprint density at radius 1 is 1.04 bits per heavy atom. The van der Waals surface area contributed by atoms with Crippen LogP contribution in [0, 0.1) is 18.3 Å². The van der Waals surface area contributed by atoms with Crippen molar-refractivity contribution in [1.29, 1.82) is 5.26 Å². The number of para-hydroxylation sites is 1. The lowest BCUT2D eigenvalue weighted by Crippen LogP contribution is -2.35. The maximum absolute atomic E-state index is 11.8. The van der Waals surface area contributed by atoms with Crippen LogP contribution in [0.3, 0.4) is 0 Å². The highest BCUT2D eigenvalue weighted by atomic mass is 16.2. The van der Waals surface area contributed by atoms with Crippen molar-refractivity contribution in [3.8, 4) is 6.07 Å². The number of benzene rings is 2. The van der Waals surface area contributed by atoms with Gasteiger partial charge in [0, 0.05) is 5.69 Å². The van der Waals surface area contributed by atoms with Crippen LogP contribution < -0.4 is 16.0 Å². The van der Waals surface area contributed by atoms with Crippen molar-refractivity contribution < 1.29 is 9.59 Å². The van der Waals surface area contributed by atoms with Crippen molar-refractivity contribution in [2.75, 3.05) is 17.2 Å². The van der Waals surface area contributed by atoms with E-state index in [1.54, 1.807) is 36.4 Å². The molecule has 0 aliphatic carbocycles. The SMILES string of the molecule is Cc1ccc(NC(=O)NCC(=O)Nc2ccccc2C#N)cc1. The highest BCUT2D eigenvalue weighted by Gasteiger charge is 2.08. The van der Waals surface area contributed by atoms with Gasteiger partial charge < -0.3 is 16.0 Å². The molecule has 0 fully saturated rings. The fourth-order valence-corrected chi connectivity index (χ4v) is 1.86. The van der Waals surface area contributed by atoms with Crippen molar-refractivity contribution in [3.05, 3.63) is 59.7 Å². The molecule has 0 aliphatic rings. The number of urea groups is 1. The number of hydrogen-bond acceptors (Lipinski definition) is 3. The molecule has 3 N–H and O–H groups in total. The van der Waals surface area contributed by atoms with Crippen molar-refractivity contribution >= 4 is 23.3 Å². The first-order chi connectivity index (χ1) is 11.1. The first-order valence-electron chi connectivity index (χ1n) is 6.99. The molecule has 2 aromatic rings. The highest BCUT2D eigenvalue weighted by Crippen LogP contribution is 2.13. The summed E-state index contributed by atoms with van der Waals surface area (Å²) in [6, 6.07) is 15.5. The van der Waals surface area contributed by atoms with Gasteiger partial charge in [-0.15, -0.1) is 0 Å². The molecule has 0 atom stereocenters. The smallest absolute Gasteiger partial charge is 0.319 e. The molecular formula is C17H16N4O2. The van der Waals surface area contributed by atoms with Crippen LogP contribution in [0.4, 0.5) is 16.2 Å². The summed E-state index contributed by atoms with van der Waals surface area (Å²) >= 11 is 0. The second-order valence-corrected chi connectivity index (χ2v) is 4.88. The summed E-state index contributed by atoms with van der Waals surface area (Å²) in [5.74, 6) is -0.410. The number of carbonyl (C=O) groups excluding carboxylic acids is 2. The number of carbonyl (C=O) groups is 2. The average molecular weight is 308 g/mol. The van der Waals surface area contributed by atoms with Crippen molar-refractivity contribution in [2.45, 2.75) is 6.92 Å². The third-order valence-corrected chi connectivity index (χ3v) is 3.04. The molecule has 0 heterocycles. The molecule has 0 saturated heterocycles. The Morgan fingerprint density at radius 2 is 1.74 bits per heavy atom. The second kappa shape index (κ2) is 7.61. The molecule has 6 heteroatoms. The van der Waals surface area contributed by atoms with Gasteiger partial charge in [0.1, 0.15) is 6.07 Å². The van der Waals surface area contributed by atoms with E-state index in [0.717, 1.165) is 5.56 Å². The van der Waals surface area contributed by atoms with Crippen LogP contribution in [0.2, 0.25) is 0 Å². The molecular weight excluding hydrogens is 292 g/mol. The van der Waals surface area contributed by atoms with Gasteiger partial charge >= 0.3 is 6.03 Å². The van der Waals surface area contributed by atoms with E-state index < -0.39 is 11.9 Å². The number of anilines is 2. The topological polar surface area (TPSA) is 94.0 Å². The summed E-state index contributed by atoms with van der Waals surface area (Å²) in [5.41, 5.74) is 2.51. The lowest BCUT2D eigenvalue weighted by molar-refractivity contribution is -0.115. The van der Waals surface area contributed by atoms with E-state index in [1.165, 1.54) is 0 Å². The number of hydrogen-bond donors (Lipinski definition) is 3. The number of amides is 3. The lowest BCUT2D eigenvalue weighted by Gasteiger charge is -2.09. The van der Waals surface area contributed by atoms with Crippen molar-refractivity contribution in [3.63, 3.8) is 0 Å². The van der Waals surface area contributed by atoms with Gasteiger partial charge in [-0.1, -0.05) is 29.8 Å². The largest absolute Gasteiger partial charge is 0.329 e. The van der Waals surface area contributed by atoms with Gasteiger partial charge in [0.15, 0.2) is 0 Å². The van der Waals surface area contributed by atoms with E-state index in [4.69, 9.17) is 5.26 Å². The zero-order chi connectivity index (χ0) is 16.7. The Balaban J connectivity index is 1.83. The fourth-order valence-electron chi connectivity index (χ4n) is 1.86. The molecule has 0 unspecified atom stereocenters. The summed E-state index contributed by atoms with van der Waals surface area (Å²) < 4.78 is 0. The van der Waals surface area contributed by atoms with Crippen LogP contribution in [0.25, 0.3) is 0 Å². The van der Waals surface area contributed by atoms with Gasteiger partial charge in [0.2, 0.25) is 5.91 Å². The van der Waals surface area contributed by atoms with Crippen LogP contribution in [0.1, 0.15) is 11.1 Å². The maximum Gasteiger partial charge on any atom is 0.319 e. The standard InChI is InChI=1S/C17H16N4O2/c1-12-6-8-14(9-7-12)20-17(23)19-11-16(22)21-15-5-3-2-4-13(15)10-18/h2-9H,11H2,1H3,(H,21,22)(H2,19,20,23). The first kappa shape index (κ1) is 16.0. The zero-order valence-corrected chi connectivity index (χ0v) is 12.6. The molecule has 6 nitrogen and oxygen atoms in total. The third-order valence-electron chi connectivity index (χ3n) is 3.04. The Morgan fingerprint density at radius 3 is 2.43 bits per heavy atom.